The number of anilines is 2. The minimum Gasteiger partial charge on any atom is -0.497 e. The van der Waals surface area contributed by atoms with Gasteiger partial charge in [-0.2, -0.15) is 10.2 Å². The van der Waals surface area contributed by atoms with Crippen molar-refractivity contribution in [2.45, 2.75) is 44.7 Å². The molecular weight excluding hydrogens is 404 g/mol. The average molecular weight is 437 g/mol. The Balaban J connectivity index is 1.42. The maximum Gasteiger partial charge on any atom is 0.227 e. The van der Waals surface area contributed by atoms with E-state index in [9.17, 15) is 5.26 Å². The Labute approximate surface area is 190 Å². The van der Waals surface area contributed by atoms with E-state index in [0.29, 0.717) is 29.9 Å². The Kier molecular flexibility index (Phi) is 7.28. The van der Waals surface area contributed by atoms with Crippen molar-refractivity contribution >= 4 is 11.8 Å². The van der Waals surface area contributed by atoms with Crippen molar-refractivity contribution in [1.82, 2.24) is 14.9 Å². The Morgan fingerprint density at radius 3 is 2.56 bits per heavy atom. The molecule has 0 unspecified atom stereocenters. The van der Waals surface area contributed by atoms with E-state index < -0.39 is 0 Å². The fraction of sp³-hybridized carbons (Fsp3) is 0.542. The molecule has 32 heavy (non-hydrogen) atoms. The van der Waals surface area contributed by atoms with E-state index in [2.05, 4.69) is 26.2 Å². The molecule has 1 aromatic carbocycles. The Morgan fingerprint density at radius 1 is 1.09 bits per heavy atom. The Morgan fingerprint density at radius 2 is 1.88 bits per heavy atom. The molecule has 0 radical (unpaired) electrons. The lowest BCUT2D eigenvalue weighted by Crippen LogP contribution is -2.47. The van der Waals surface area contributed by atoms with Gasteiger partial charge in [0.05, 0.1) is 20.4 Å². The van der Waals surface area contributed by atoms with Gasteiger partial charge in [-0.15, -0.1) is 0 Å². The van der Waals surface area contributed by atoms with Gasteiger partial charge in [-0.3, -0.25) is 0 Å². The predicted octanol–water partition coefficient (Wildman–Crippen LogP) is 3.43. The van der Waals surface area contributed by atoms with Crippen molar-refractivity contribution in [2.24, 2.45) is 0 Å². The number of nitrogens with one attached hydrogen (secondary N) is 1. The van der Waals surface area contributed by atoms with Gasteiger partial charge < -0.3 is 24.6 Å². The van der Waals surface area contributed by atoms with Crippen LogP contribution in [0.2, 0.25) is 0 Å². The quantitative estimate of drug-likeness (QED) is 0.706. The molecule has 170 valence electrons. The van der Waals surface area contributed by atoms with Gasteiger partial charge in [0, 0.05) is 37.3 Å². The number of nitriles is 1. The van der Waals surface area contributed by atoms with E-state index >= 15 is 0 Å². The lowest BCUT2D eigenvalue weighted by Gasteiger charge is -2.40. The summed E-state index contributed by atoms with van der Waals surface area (Å²) in [6.07, 6.45) is 7.91. The molecule has 8 nitrogen and oxygen atoms in total. The SMILES string of the molecule is COc1ccc(CNc2nc(N3CCC(N4CCCCC4)CC3)ncc2C#N)c(OC)c1. The second kappa shape index (κ2) is 10.5. The van der Waals surface area contributed by atoms with Crippen molar-refractivity contribution in [3.05, 3.63) is 35.5 Å². The summed E-state index contributed by atoms with van der Waals surface area (Å²) in [6.45, 7) is 4.84. The number of ether oxygens (including phenoxy) is 2. The molecule has 2 saturated heterocycles. The zero-order chi connectivity index (χ0) is 22.3. The minimum absolute atomic E-state index is 0.435. The predicted molar refractivity (Wildman–Crippen MR) is 124 cm³/mol. The number of hydrogen-bond donors (Lipinski definition) is 1. The topological polar surface area (TPSA) is 86.5 Å². The van der Waals surface area contributed by atoms with Crippen LogP contribution in [0.1, 0.15) is 43.2 Å². The normalized spacial score (nSPS) is 17.6. The molecular formula is C24H32N6O2. The standard InChI is InChI=1S/C24H32N6O2/c1-31-21-7-6-18(22(14-21)32-2)16-26-23-19(15-25)17-27-24(28-23)30-12-8-20(9-13-30)29-10-4-3-5-11-29/h6-7,14,17,20H,3-5,8-13,16H2,1-2H3,(H,26,27,28). The van der Waals surface area contributed by atoms with Gasteiger partial charge in [0.25, 0.3) is 0 Å². The van der Waals surface area contributed by atoms with E-state index in [4.69, 9.17) is 14.5 Å². The lowest BCUT2D eigenvalue weighted by atomic mass is 10.0. The summed E-state index contributed by atoms with van der Waals surface area (Å²) in [7, 11) is 3.26. The van der Waals surface area contributed by atoms with Crippen LogP contribution in [0.4, 0.5) is 11.8 Å². The maximum atomic E-state index is 9.53. The van der Waals surface area contributed by atoms with E-state index in [-0.39, 0.29) is 0 Å². The van der Waals surface area contributed by atoms with E-state index in [1.807, 2.05) is 18.2 Å². The molecule has 0 atom stereocenters. The molecule has 0 saturated carbocycles. The van der Waals surface area contributed by atoms with Crippen LogP contribution in [0, 0.1) is 11.3 Å². The van der Waals surface area contributed by atoms with Gasteiger partial charge in [0.15, 0.2) is 0 Å². The third-order valence-electron chi connectivity index (χ3n) is 6.49. The zero-order valence-corrected chi connectivity index (χ0v) is 19.0. The summed E-state index contributed by atoms with van der Waals surface area (Å²) in [5.74, 6) is 2.70. The highest BCUT2D eigenvalue weighted by atomic mass is 16.5. The van der Waals surface area contributed by atoms with E-state index in [1.54, 1.807) is 20.4 Å². The second-order valence-corrected chi connectivity index (χ2v) is 8.39. The zero-order valence-electron chi connectivity index (χ0n) is 19.0. The summed E-state index contributed by atoms with van der Waals surface area (Å²) in [6, 6.07) is 8.55. The first-order chi connectivity index (χ1) is 15.7. The first kappa shape index (κ1) is 22.2. The monoisotopic (exact) mass is 436 g/mol. The number of methoxy groups -OCH3 is 2. The van der Waals surface area contributed by atoms with Crippen molar-refractivity contribution in [3.63, 3.8) is 0 Å². The summed E-state index contributed by atoms with van der Waals surface area (Å²) in [5, 5.41) is 12.8. The van der Waals surface area contributed by atoms with Crippen molar-refractivity contribution < 1.29 is 9.47 Å². The third kappa shape index (κ3) is 5.05. The third-order valence-corrected chi connectivity index (χ3v) is 6.49. The maximum absolute atomic E-state index is 9.53. The van der Waals surface area contributed by atoms with Crippen LogP contribution in [0.15, 0.2) is 24.4 Å². The number of benzene rings is 1. The smallest absolute Gasteiger partial charge is 0.227 e. The summed E-state index contributed by atoms with van der Waals surface area (Å²) < 4.78 is 10.7. The fourth-order valence-electron chi connectivity index (χ4n) is 4.63. The van der Waals surface area contributed by atoms with E-state index in [0.717, 1.165) is 43.0 Å². The molecule has 2 aliphatic rings. The van der Waals surface area contributed by atoms with Crippen LogP contribution in [-0.4, -0.2) is 61.3 Å². The molecule has 0 spiro atoms. The van der Waals surface area contributed by atoms with Crippen LogP contribution in [0.3, 0.4) is 0 Å². The number of aromatic nitrogens is 2. The number of hydrogen-bond acceptors (Lipinski definition) is 8. The van der Waals surface area contributed by atoms with Crippen molar-refractivity contribution in [3.8, 4) is 17.6 Å². The molecule has 3 heterocycles. The van der Waals surface area contributed by atoms with Gasteiger partial charge in [-0.05, 0) is 50.9 Å². The van der Waals surface area contributed by atoms with Gasteiger partial charge in [-0.25, -0.2) is 4.98 Å². The minimum atomic E-state index is 0.435. The molecule has 1 N–H and O–H groups in total. The van der Waals surface area contributed by atoms with Crippen LogP contribution in [0.5, 0.6) is 11.5 Å². The summed E-state index contributed by atoms with van der Waals surface area (Å²) in [5.41, 5.74) is 1.39. The summed E-state index contributed by atoms with van der Waals surface area (Å²) in [4.78, 5) is 14.1. The van der Waals surface area contributed by atoms with Gasteiger partial charge in [0.2, 0.25) is 5.95 Å². The number of piperidine rings is 2. The Bertz CT molecular complexity index is 946. The molecule has 1 aromatic heterocycles. The molecule has 0 amide bonds. The molecule has 0 aliphatic carbocycles. The highest BCUT2D eigenvalue weighted by Crippen LogP contribution is 2.27. The molecule has 0 bridgehead atoms. The van der Waals surface area contributed by atoms with Gasteiger partial charge in [-0.1, -0.05) is 6.42 Å². The molecule has 4 rings (SSSR count). The van der Waals surface area contributed by atoms with Crippen molar-refractivity contribution in [2.75, 3.05) is 50.6 Å². The average Bonchev–Trinajstić information content (AvgIpc) is 2.87. The number of likely N-dealkylation sites (tertiary alicyclic amines) is 1. The highest BCUT2D eigenvalue weighted by molar-refractivity contribution is 5.55. The fourth-order valence-corrected chi connectivity index (χ4v) is 4.63. The van der Waals surface area contributed by atoms with Crippen LogP contribution >= 0.6 is 0 Å². The van der Waals surface area contributed by atoms with E-state index in [1.165, 1.54) is 32.4 Å². The highest BCUT2D eigenvalue weighted by Gasteiger charge is 2.27. The molecule has 8 heteroatoms. The lowest BCUT2D eigenvalue weighted by molar-refractivity contribution is 0.141. The van der Waals surface area contributed by atoms with Gasteiger partial charge in [0.1, 0.15) is 28.9 Å². The number of rotatable bonds is 7. The van der Waals surface area contributed by atoms with Crippen LogP contribution in [0.25, 0.3) is 0 Å². The molecule has 2 aliphatic heterocycles. The second-order valence-electron chi connectivity index (χ2n) is 8.39. The first-order valence-corrected chi connectivity index (χ1v) is 11.4. The van der Waals surface area contributed by atoms with Gasteiger partial charge >= 0.3 is 0 Å². The van der Waals surface area contributed by atoms with Crippen LogP contribution in [-0.2, 0) is 6.54 Å². The van der Waals surface area contributed by atoms with Crippen LogP contribution < -0.4 is 19.7 Å². The summed E-state index contributed by atoms with van der Waals surface area (Å²) >= 11 is 0. The first-order valence-electron chi connectivity index (χ1n) is 11.4. The van der Waals surface area contributed by atoms with Crippen molar-refractivity contribution in [1.29, 1.82) is 5.26 Å². The molecule has 2 fully saturated rings. The largest absolute Gasteiger partial charge is 0.497 e. The number of nitrogens with zero attached hydrogens (tertiary/aromatic N) is 5. The molecule has 2 aromatic rings. The Hall–Kier alpha value is -3.05.